The lowest BCUT2D eigenvalue weighted by Crippen LogP contribution is -2.18. The van der Waals surface area contributed by atoms with Crippen LogP contribution in [-0.2, 0) is 17.8 Å². The van der Waals surface area contributed by atoms with Gasteiger partial charge in [0.1, 0.15) is 5.75 Å². The second-order valence-electron chi connectivity index (χ2n) is 9.30. The minimum Gasteiger partial charge on any atom is -0.463 e. The summed E-state index contributed by atoms with van der Waals surface area (Å²) in [5.74, 6) is 1.26. The average Bonchev–Trinajstić information content (AvgIpc) is 3.43. The van der Waals surface area contributed by atoms with Crippen LogP contribution in [0.3, 0.4) is 0 Å². The number of nitrogens with zero attached hydrogens (tertiary/aromatic N) is 3. The van der Waals surface area contributed by atoms with Gasteiger partial charge in [0.05, 0.1) is 30.9 Å². The molecule has 2 aromatic carbocycles. The largest absolute Gasteiger partial charge is 0.463 e. The minimum atomic E-state index is 0.523. The van der Waals surface area contributed by atoms with E-state index in [-0.39, 0.29) is 0 Å². The Morgan fingerprint density at radius 1 is 1.00 bits per heavy atom. The van der Waals surface area contributed by atoms with Crippen molar-refractivity contribution in [1.29, 1.82) is 0 Å². The van der Waals surface area contributed by atoms with Crippen LogP contribution in [-0.4, -0.2) is 41.1 Å². The number of hydrogen-bond acceptors (Lipinski definition) is 6. The molecular formula is C30H34N4O2. The fourth-order valence-corrected chi connectivity index (χ4v) is 4.59. The number of fused-ring (bicyclic) bond motifs is 7. The average molecular weight is 483 g/mol. The maximum Gasteiger partial charge on any atom is 0.227 e. The summed E-state index contributed by atoms with van der Waals surface area (Å²) in [4.78, 5) is 11.7. The fraction of sp³-hybridized carbons (Fsp3) is 0.333. The number of allylic oxidation sites excluding steroid dienone is 1. The van der Waals surface area contributed by atoms with Crippen molar-refractivity contribution in [1.82, 2.24) is 14.9 Å². The molecule has 2 aliphatic heterocycles. The summed E-state index contributed by atoms with van der Waals surface area (Å²) in [7, 11) is 0. The molecular weight excluding hydrogens is 448 g/mol. The molecule has 36 heavy (non-hydrogen) atoms. The third-order valence-corrected chi connectivity index (χ3v) is 6.51. The van der Waals surface area contributed by atoms with Crippen LogP contribution in [0.1, 0.15) is 36.8 Å². The normalized spacial score (nSPS) is 17.8. The standard InChI is InChI=1S/C30H34N4O2/c1-2-6-19-35-23-25-12-13-29(36-20-8-18-34-16-4-5-17-34)28(22-25)33-30-31-15-14-27(32-30)26-11-7-10-24(21-26)9-3-1/h2,6-8,10-15,20-22H,1,3-5,9,16-19,23H2,(H,31,32,33)/b6-2+,20-8+. The summed E-state index contributed by atoms with van der Waals surface area (Å²) in [5.41, 5.74) is 5.17. The molecule has 186 valence electrons. The molecule has 3 aromatic rings. The zero-order chi connectivity index (χ0) is 24.4. The molecule has 1 fully saturated rings. The number of benzene rings is 2. The second kappa shape index (κ2) is 12.5. The van der Waals surface area contributed by atoms with Crippen LogP contribution in [0.25, 0.3) is 11.3 Å². The van der Waals surface area contributed by atoms with Gasteiger partial charge in [-0.3, -0.25) is 4.90 Å². The Morgan fingerprint density at radius 3 is 2.89 bits per heavy atom. The lowest BCUT2D eigenvalue weighted by Gasteiger charge is -2.14. The van der Waals surface area contributed by atoms with Crippen LogP contribution in [0.4, 0.5) is 11.6 Å². The van der Waals surface area contributed by atoms with Crippen LogP contribution < -0.4 is 10.1 Å². The number of aryl methyl sites for hydroxylation is 1. The second-order valence-corrected chi connectivity index (χ2v) is 9.30. The number of anilines is 2. The van der Waals surface area contributed by atoms with Crippen LogP contribution >= 0.6 is 0 Å². The van der Waals surface area contributed by atoms with E-state index < -0.39 is 0 Å². The van der Waals surface area contributed by atoms with Gasteiger partial charge in [0.2, 0.25) is 5.95 Å². The van der Waals surface area contributed by atoms with Crippen molar-refractivity contribution < 1.29 is 9.47 Å². The van der Waals surface area contributed by atoms with Gasteiger partial charge in [0.25, 0.3) is 0 Å². The molecule has 6 bridgehead atoms. The maximum atomic E-state index is 6.04. The molecule has 0 spiro atoms. The van der Waals surface area contributed by atoms with Gasteiger partial charge in [0, 0.05) is 18.3 Å². The molecule has 5 rings (SSSR count). The molecule has 6 nitrogen and oxygen atoms in total. The smallest absolute Gasteiger partial charge is 0.227 e. The van der Waals surface area contributed by atoms with E-state index >= 15 is 0 Å². The summed E-state index contributed by atoms with van der Waals surface area (Å²) in [6, 6.07) is 16.6. The van der Waals surface area contributed by atoms with Crippen LogP contribution in [0.2, 0.25) is 0 Å². The third kappa shape index (κ3) is 6.80. The van der Waals surface area contributed by atoms with Gasteiger partial charge in [-0.05, 0) is 86.7 Å². The molecule has 6 heteroatoms. The molecule has 3 heterocycles. The van der Waals surface area contributed by atoms with Crippen LogP contribution in [0, 0.1) is 0 Å². The van der Waals surface area contributed by atoms with E-state index in [1.54, 1.807) is 12.5 Å². The first-order valence-corrected chi connectivity index (χ1v) is 12.9. The highest BCUT2D eigenvalue weighted by atomic mass is 16.5. The Balaban J connectivity index is 1.40. The number of ether oxygens (including phenoxy) is 2. The van der Waals surface area contributed by atoms with Gasteiger partial charge in [-0.15, -0.1) is 0 Å². The molecule has 0 amide bonds. The highest BCUT2D eigenvalue weighted by molar-refractivity contribution is 5.66. The number of nitrogens with one attached hydrogen (secondary N) is 1. The molecule has 0 atom stereocenters. The molecule has 0 saturated carbocycles. The Kier molecular flexibility index (Phi) is 8.39. The molecule has 1 aromatic heterocycles. The van der Waals surface area contributed by atoms with Gasteiger partial charge in [0.15, 0.2) is 0 Å². The van der Waals surface area contributed by atoms with Gasteiger partial charge in [-0.2, -0.15) is 0 Å². The topological polar surface area (TPSA) is 59.5 Å². The summed E-state index contributed by atoms with van der Waals surface area (Å²) in [5, 5.41) is 3.39. The van der Waals surface area contributed by atoms with Crippen molar-refractivity contribution in [3.8, 4) is 17.0 Å². The number of likely N-dealkylation sites (tertiary alicyclic amines) is 1. The Labute approximate surface area is 213 Å². The van der Waals surface area contributed by atoms with E-state index in [9.17, 15) is 0 Å². The predicted molar refractivity (Wildman–Crippen MR) is 144 cm³/mol. The van der Waals surface area contributed by atoms with Crippen molar-refractivity contribution >= 4 is 11.6 Å². The zero-order valence-corrected chi connectivity index (χ0v) is 20.7. The van der Waals surface area contributed by atoms with E-state index in [1.165, 1.54) is 18.4 Å². The molecule has 0 unspecified atom stereocenters. The first kappa shape index (κ1) is 24.2. The zero-order valence-electron chi connectivity index (χ0n) is 20.7. The molecule has 0 radical (unpaired) electrons. The van der Waals surface area contributed by atoms with Crippen molar-refractivity contribution in [2.45, 2.75) is 38.7 Å². The highest BCUT2D eigenvalue weighted by Crippen LogP contribution is 2.30. The molecule has 1 saturated heterocycles. The SMILES string of the molecule is C1=C/COCc2ccc(O/C=C/CN3CCCC3)c(c2)Nc2nccc(n2)-c2cccc(c2)CCC/1. The lowest BCUT2D eigenvalue weighted by atomic mass is 10.0. The van der Waals surface area contributed by atoms with Gasteiger partial charge in [-0.1, -0.05) is 36.4 Å². The van der Waals surface area contributed by atoms with E-state index in [0.717, 1.165) is 67.2 Å². The van der Waals surface area contributed by atoms with E-state index in [4.69, 9.17) is 14.5 Å². The number of rotatable bonds is 4. The number of aromatic nitrogens is 2. The van der Waals surface area contributed by atoms with E-state index in [1.807, 2.05) is 24.3 Å². The molecule has 2 aliphatic rings. The summed E-state index contributed by atoms with van der Waals surface area (Å²) in [6.07, 6.45) is 15.7. The monoisotopic (exact) mass is 482 g/mol. The maximum absolute atomic E-state index is 6.04. The van der Waals surface area contributed by atoms with Crippen molar-refractivity contribution in [2.75, 3.05) is 31.6 Å². The van der Waals surface area contributed by atoms with E-state index in [0.29, 0.717) is 19.2 Å². The lowest BCUT2D eigenvalue weighted by molar-refractivity contribution is 0.148. The first-order valence-electron chi connectivity index (χ1n) is 12.9. The van der Waals surface area contributed by atoms with Gasteiger partial charge in [-0.25, -0.2) is 9.97 Å². The first-order chi connectivity index (χ1) is 17.8. The van der Waals surface area contributed by atoms with Crippen molar-refractivity contribution in [2.24, 2.45) is 0 Å². The minimum absolute atomic E-state index is 0.523. The molecule has 1 N–H and O–H groups in total. The summed E-state index contributed by atoms with van der Waals surface area (Å²) >= 11 is 0. The van der Waals surface area contributed by atoms with Crippen LogP contribution in [0.15, 0.2) is 79.2 Å². The molecule has 0 aliphatic carbocycles. The highest BCUT2D eigenvalue weighted by Gasteiger charge is 2.11. The summed E-state index contributed by atoms with van der Waals surface area (Å²) < 4.78 is 11.9. The van der Waals surface area contributed by atoms with Crippen LogP contribution in [0.5, 0.6) is 5.75 Å². The summed E-state index contributed by atoms with van der Waals surface area (Å²) in [6.45, 7) is 4.36. The number of hydrogen-bond donors (Lipinski definition) is 1. The third-order valence-electron chi connectivity index (χ3n) is 6.51. The van der Waals surface area contributed by atoms with Gasteiger partial charge >= 0.3 is 0 Å². The van der Waals surface area contributed by atoms with E-state index in [2.05, 4.69) is 57.7 Å². The fourth-order valence-electron chi connectivity index (χ4n) is 4.59. The Hall–Kier alpha value is -3.48. The quantitative estimate of drug-likeness (QED) is 0.349. The van der Waals surface area contributed by atoms with Crippen molar-refractivity contribution in [3.05, 3.63) is 90.3 Å². The predicted octanol–water partition coefficient (Wildman–Crippen LogP) is 6.28. The Bertz CT molecular complexity index is 1200. The van der Waals surface area contributed by atoms with Crippen molar-refractivity contribution in [3.63, 3.8) is 0 Å². The van der Waals surface area contributed by atoms with Gasteiger partial charge < -0.3 is 14.8 Å². The Morgan fingerprint density at radius 2 is 1.94 bits per heavy atom.